The Bertz CT molecular complexity index is 869. The van der Waals surface area contributed by atoms with Crippen molar-refractivity contribution in [3.05, 3.63) is 46.4 Å². The molecule has 0 spiro atoms. The average molecular weight is 467 g/mol. The number of anilines is 4. The second-order valence-electron chi connectivity index (χ2n) is 7.63. The zero-order chi connectivity index (χ0) is 20.9. The maximum atomic E-state index is 6.42. The summed E-state index contributed by atoms with van der Waals surface area (Å²) >= 11 is 14.0. The summed E-state index contributed by atoms with van der Waals surface area (Å²) in [6.07, 6.45) is 5.41. The van der Waals surface area contributed by atoms with Gasteiger partial charge in [0.1, 0.15) is 0 Å². The monoisotopic (exact) mass is 466 g/mol. The Balaban J connectivity index is 1.16. The van der Waals surface area contributed by atoms with Crippen LogP contribution in [0.15, 0.2) is 36.4 Å². The van der Waals surface area contributed by atoms with Gasteiger partial charge in [-0.1, -0.05) is 29.3 Å². The van der Waals surface area contributed by atoms with Crippen molar-refractivity contribution in [2.75, 3.05) is 60.8 Å². The van der Waals surface area contributed by atoms with Crippen LogP contribution >= 0.6 is 35.2 Å². The summed E-state index contributed by atoms with van der Waals surface area (Å²) < 4.78 is 5.45. The molecule has 2 aromatic rings. The third-order valence-corrected chi connectivity index (χ3v) is 6.71. The van der Waals surface area contributed by atoms with Crippen molar-refractivity contribution in [2.45, 2.75) is 19.3 Å². The number of nitrogens with one attached hydrogen (secondary N) is 1. The van der Waals surface area contributed by atoms with E-state index in [4.69, 9.17) is 27.5 Å². The van der Waals surface area contributed by atoms with Gasteiger partial charge in [-0.25, -0.2) is 5.06 Å². The van der Waals surface area contributed by atoms with E-state index in [1.54, 1.807) is 0 Å². The molecule has 2 aliphatic heterocycles. The maximum Gasteiger partial charge on any atom is 0.0991 e. The quantitative estimate of drug-likeness (QED) is 0.274. The summed E-state index contributed by atoms with van der Waals surface area (Å²) in [4.78, 5) is 4.93. The second kappa shape index (κ2) is 10.3. The van der Waals surface area contributed by atoms with Crippen molar-refractivity contribution in [1.29, 1.82) is 0 Å². The minimum absolute atomic E-state index is 0.629. The fourth-order valence-electron chi connectivity index (χ4n) is 3.95. The van der Waals surface area contributed by atoms with Gasteiger partial charge in [-0.15, -0.1) is 0 Å². The van der Waals surface area contributed by atoms with Gasteiger partial charge >= 0.3 is 0 Å². The molecule has 0 bridgehead atoms. The first kappa shape index (κ1) is 21.9. The van der Waals surface area contributed by atoms with Crippen molar-refractivity contribution >= 4 is 58.0 Å². The van der Waals surface area contributed by atoms with Crippen molar-refractivity contribution in [1.82, 2.24) is 4.90 Å². The van der Waals surface area contributed by atoms with Crippen molar-refractivity contribution in [3.8, 4) is 0 Å². The lowest BCUT2D eigenvalue weighted by atomic mass is 10.2. The van der Waals surface area contributed by atoms with Gasteiger partial charge in [0.15, 0.2) is 0 Å². The summed E-state index contributed by atoms with van der Waals surface area (Å²) in [5, 5.41) is 6.68. The largest absolute Gasteiger partial charge is 0.385 e. The number of hydrogen-bond acceptors (Lipinski definition) is 6. The van der Waals surface area contributed by atoms with Crippen LogP contribution in [0.3, 0.4) is 0 Å². The number of nitrogens with zero attached hydrogens (tertiary/aromatic N) is 3. The molecule has 8 heteroatoms. The van der Waals surface area contributed by atoms with Crippen LogP contribution in [0.25, 0.3) is 0 Å². The number of fused-ring (bicyclic) bond motifs is 1. The standard InChI is InChI=1S/C22H28Cl2N4OS/c1-30-29-28-19-9-8-17(16-21(19)28)25-10-2-3-11-26-12-5-13-27(15-14-26)20-7-4-6-18(23)22(20)24/h4,6-9,16,25H,2-3,5,10-15H2,1H3. The van der Waals surface area contributed by atoms with E-state index in [1.165, 1.54) is 18.5 Å². The van der Waals surface area contributed by atoms with Crippen molar-refractivity contribution < 1.29 is 4.28 Å². The molecule has 0 unspecified atom stereocenters. The maximum absolute atomic E-state index is 6.42. The number of unbranched alkanes of at least 4 members (excludes halogenated alkanes) is 1. The van der Waals surface area contributed by atoms with E-state index in [1.807, 2.05) is 23.5 Å². The van der Waals surface area contributed by atoms with Gasteiger partial charge in [0, 0.05) is 50.2 Å². The van der Waals surface area contributed by atoms with Gasteiger partial charge in [-0.2, -0.15) is 4.28 Å². The zero-order valence-electron chi connectivity index (χ0n) is 17.2. The highest BCUT2D eigenvalue weighted by Crippen LogP contribution is 2.50. The van der Waals surface area contributed by atoms with Crippen LogP contribution < -0.4 is 15.3 Å². The predicted molar refractivity (Wildman–Crippen MR) is 131 cm³/mol. The molecule has 5 nitrogen and oxygen atoms in total. The molecule has 1 fully saturated rings. The van der Waals surface area contributed by atoms with Crippen LogP contribution in [0.5, 0.6) is 0 Å². The highest BCUT2D eigenvalue weighted by molar-refractivity contribution is 7.94. The summed E-state index contributed by atoms with van der Waals surface area (Å²) in [5.41, 5.74) is 4.52. The molecule has 4 rings (SSSR count). The molecule has 2 aromatic carbocycles. The highest BCUT2D eigenvalue weighted by atomic mass is 35.5. The predicted octanol–water partition coefficient (Wildman–Crippen LogP) is 6.06. The second-order valence-corrected chi connectivity index (χ2v) is 8.90. The lowest BCUT2D eigenvalue weighted by Crippen LogP contribution is -2.31. The molecule has 0 amide bonds. The normalized spacial score (nSPS) is 16.4. The summed E-state index contributed by atoms with van der Waals surface area (Å²) in [5.74, 6) is 0. The number of benzene rings is 2. The van der Waals surface area contributed by atoms with E-state index < -0.39 is 0 Å². The topological polar surface area (TPSA) is 30.8 Å². The lowest BCUT2D eigenvalue weighted by Gasteiger charge is -2.25. The molecule has 0 aliphatic carbocycles. The van der Waals surface area contributed by atoms with Gasteiger partial charge in [-0.3, -0.25) is 0 Å². The van der Waals surface area contributed by atoms with Gasteiger partial charge in [0.25, 0.3) is 0 Å². The third-order valence-electron chi connectivity index (χ3n) is 5.60. The Labute approximate surface area is 193 Å². The average Bonchev–Trinajstić information content (AvgIpc) is 3.48. The molecular weight excluding hydrogens is 439 g/mol. The minimum atomic E-state index is 0.629. The van der Waals surface area contributed by atoms with E-state index >= 15 is 0 Å². The van der Waals surface area contributed by atoms with Gasteiger partial charge < -0.3 is 15.1 Å². The molecule has 1 saturated heterocycles. The third kappa shape index (κ3) is 5.29. The number of halogens is 2. The van der Waals surface area contributed by atoms with Gasteiger partial charge in [0.05, 0.1) is 27.1 Å². The molecule has 162 valence electrons. The molecule has 0 radical (unpaired) electrons. The SMILES string of the molecule is CSON1c2ccc(NCCCCN3CCCN(c4cccc(Cl)c4Cl)CC3)cc21. The Morgan fingerprint density at radius 1 is 1.00 bits per heavy atom. The Hall–Kier alpha value is -1.31. The van der Waals surface area contributed by atoms with Crippen LogP contribution in [0.2, 0.25) is 10.0 Å². The van der Waals surface area contributed by atoms with E-state index in [9.17, 15) is 0 Å². The summed E-state index contributed by atoms with van der Waals surface area (Å²) in [6.45, 7) is 6.33. The molecule has 0 aromatic heterocycles. The first-order valence-electron chi connectivity index (χ1n) is 10.5. The van der Waals surface area contributed by atoms with E-state index in [0.29, 0.717) is 10.0 Å². The summed E-state index contributed by atoms with van der Waals surface area (Å²) in [7, 11) is 0. The fourth-order valence-corrected chi connectivity index (χ4v) is 4.68. The van der Waals surface area contributed by atoms with Gasteiger partial charge in [-0.05, 0) is 62.7 Å². The van der Waals surface area contributed by atoms with Crippen LogP contribution in [0.4, 0.5) is 22.7 Å². The Morgan fingerprint density at radius 3 is 2.77 bits per heavy atom. The van der Waals surface area contributed by atoms with Crippen molar-refractivity contribution in [2.24, 2.45) is 0 Å². The molecule has 2 heterocycles. The zero-order valence-corrected chi connectivity index (χ0v) is 19.6. The Morgan fingerprint density at radius 2 is 1.90 bits per heavy atom. The first-order chi connectivity index (χ1) is 14.7. The molecule has 0 atom stereocenters. The summed E-state index contributed by atoms with van der Waals surface area (Å²) in [6, 6.07) is 12.3. The fraction of sp³-hybridized carbons (Fsp3) is 0.455. The smallest absolute Gasteiger partial charge is 0.0991 e. The van der Waals surface area contributed by atoms with Crippen molar-refractivity contribution in [3.63, 3.8) is 0 Å². The van der Waals surface area contributed by atoms with Gasteiger partial charge in [0.2, 0.25) is 0 Å². The minimum Gasteiger partial charge on any atom is -0.385 e. The van der Waals surface area contributed by atoms with Crippen LogP contribution in [-0.2, 0) is 4.28 Å². The number of hydrogen-bond donors (Lipinski definition) is 1. The van der Waals surface area contributed by atoms with Crippen LogP contribution in [-0.4, -0.2) is 50.4 Å². The van der Waals surface area contributed by atoms with E-state index in [-0.39, 0.29) is 0 Å². The van der Waals surface area contributed by atoms with Crippen LogP contribution in [0, 0.1) is 0 Å². The molecular formula is C22H28Cl2N4OS. The molecule has 2 aliphatic rings. The van der Waals surface area contributed by atoms with E-state index in [0.717, 1.165) is 74.9 Å². The highest BCUT2D eigenvalue weighted by Gasteiger charge is 2.30. The molecule has 0 saturated carbocycles. The number of rotatable bonds is 9. The van der Waals surface area contributed by atoms with Crippen LogP contribution in [0.1, 0.15) is 19.3 Å². The lowest BCUT2D eigenvalue weighted by molar-refractivity contribution is 0.288. The molecule has 30 heavy (non-hydrogen) atoms. The Kier molecular flexibility index (Phi) is 7.55. The van der Waals surface area contributed by atoms with E-state index in [2.05, 4.69) is 39.4 Å². The first-order valence-corrected chi connectivity index (χ1v) is 12.4. The molecule has 1 N–H and O–H groups in total.